The zero-order chi connectivity index (χ0) is 30.8. The van der Waals surface area contributed by atoms with E-state index in [4.69, 9.17) is 15.2 Å². The number of hydrogen-bond acceptors (Lipinski definition) is 10. The lowest BCUT2D eigenvalue weighted by Crippen LogP contribution is -2.68. The molecule has 12 nitrogen and oxygen atoms in total. The summed E-state index contributed by atoms with van der Waals surface area (Å²) >= 11 is 0. The van der Waals surface area contributed by atoms with E-state index in [2.05, 4.69) is 32.9 Å². The van der Waals surface area contributed by atoms with Crippen molar-refractivity contribution in [3.05, 3.63) is 70.8 Å². The van der Waals surface area contributed by atoms with Gasteiger partial charge in [-0.15, -0.1) is 0 Å². The molecular weight excluding hydrogens is 552 g/mol. The van der Waals surface area contributed by atoms with Crippen molar-refractivity contribution in [1.29, 1.82) is 0 Å². The number of ether oxygens (including phenoxy) is 2. The largest absolute Gasteiger partial charge is 0.462 e. The van der Waals surface area contributed by atoms with Gasteiger partial charge in [-0.25, -0.2) is 19.6 Å². The van der Waals surface area contributed by atoms with Crippen LogP contribution in [0.15, 0.2) is 69.7 Å². The first-order valence-electron chi connectivity index (χ1n) is 14.3. The molecular formula is C31H36N6O6. The third-order valence-electron chi connectivity index (χ3n) is 6.71. The normalized spacial score (nSPS) is 17.1. The van der Waals surface area contributed by atoms with Gasteiger partial charge < -0.3 is 20.1 Å². The van der Waals surface area contributed by atoms with Crippen LogP contribution < -0.4 is 26.4 Å². The van der Waals surface area contributed by atoms with Crippen LogP contribution in [-0.4, -0.2) is 54.9 Å². The lowest BCUT2D eigenvalue weighted by Gasteiger charge is -2.31. The van der Waals surface area contributed by atoms with Crippen LogP contribution >= 0.6 is 0 Å². The number of amidine groups is 1. The number of rotatable bonds is 14. The molecule has 2 heterocycles. The molecule has 2 amide bonds. The predicted octanol–water partition coefficient (Wildman–Crippen LogP) is 3.45. The standard InChI is InChI=1S/C31H36N6O6/c1-3-5-6-7-11-14-25(38)35-31(32)36-27-26(28(39)37-31)21(19-34-27)18-33-22-15-16-24(23(17-22)30(41)42-4-2)43-29(40)20-12-9-8-10-13-20/h8-10,12-13,15-17,19,33H,3-7,11,14,18,32H2,1-2H3,(H,35,38)(H,37,39). The predicted molar refractivity (Wildman–Crippen MR) is 162 cm³/mol. The number of nitrogens with zero attached hydrogens (tertiary/aromatic N) is 2. The molecule has 0 aliphatic carbocycles. The second-order valence-corrected chi connectivity index (χ2v) is 10.1. The van der Waals surface area contributed by atoms with Crippen molar-refractivity contribution >= 4 is 41.5 Å². The molecule has 0 bridgehead atoms. The summed E-state index contributed by atoms with van der Waals surface area (Å²) in [5.74, 6) is -3.74. The van der Waals surface area contributed by atoms with Crippen LogP contribution in [0.2, 0.25) is 0 Å². The van der Waals surface area contributed by atoms with Crippen molar-refractivity contribution in [2.45, 2.75) is 58.3 Å². The summed E-state index contributed by atoms with van der Waals surface area (Å²) in [6, 6.07) is 13.0. The minimum atomic E-state index is -1.79. The van der Waals surface area contributed by atoms with E-state index in [1.165, 1.54) is 18.3 Å². The fourth-order valence-corrected chi connectivity index (χ4v) is 4.56. The highest BCUT2D eigenvalue weighted by atomic mass is 16.5. The number of hydrogen-bond donors (Lipinski definition) is 4. The summed E-state index contributed by atoms with van der Waals surface area (Å²) in [4.78, 5) is 59.2. The molecule has 2 aliphatic rings. The number of carbonyl (C=O) groups excluding carboxylic acids is 4. The lowest BCUT2D eigenvalue weighted by atomic mass is 10.1. The van der Waals surface area contributed by atoms with E-state index in [0.717, 1.165) is 32.1 Å². The van der Waals surface area contributed by atoms with Gasteiger partial charge in [0.2, 0.25) is 5.91 Å². The smallest absolute Gasteiger partial charge is 0.343 e. The van der Waals surface area contributed by atoms with Gasteiger partial charge in [-0.05, 0) is 43.7 Å². The van der Waals surface area contributed by atoms with Crippen molar-refractivity contribution < 1.29 is 28.7 Å². The fraction of sp³-hybridized carbons (Fsp3) is 0.355. The van der Waals surface area contributed by atoms with E-state index in [-0.39, 0.29) is 48.2 Å². The van der Waals surface area contributed by atoms with E-state index in [1.54, 1.807) is 43.3 Å². The molecule has 2 aliphatic heterocycles. The quantitative estimate of drug-likeness (QED) is 0.112. The molecule has 43 heavy (non-hydrogen) atoms. The van der Waals surface area contributed by atoms with Crippen molar-refractivity contribution in [1.82, 2.24) is 10.6 Å². The fourth-order valence-electron chi connectivity index (χ4n) is 4.56. The first-order chi connectivity index (χ1) is 20.7. The summed E-state index contributed by atoms with van der Waals surface area (Å²) < 4.78 is 10.7. The summed E-state index contributed by atoms with van der Waals surface area (Å²) in [6.07, 6.45) is 6.73. The second kappa shape index (κ2) is 14.4. The lowest BCUT2D eigenvalue weighted by molar-refractivity contribution is -0.125. The van der Waals surface area contributed by atoms with Gasteiger partial charge in [0, 0.05) is 30.4 Å². The summed E-state index contributed by atoms with van der Waals surface area (Å²) in [5, 5.41) is 8.29. The van der Waals surface area contributed by atoms with Gasteiger partial charge in [0.15, 0.2) is 5.84 Å². The second-order valence-electron chi connectivity index (χ2n) is 10.1. The van der Waals surface area contributed by atoms with Crippen molar-refractivity contribution in [2.75, 3.05) is 18.5 Å². The third kappa shape index (κ3) is 8.13. The molecule has 1 unspecified atom stereocenters. The number of esters is 2. The Bertz CT molecular complexity index is 1470. The molecule has 0 saturated heterocycles. The van der Waals surface area contributed by atoms with Crippen LogP contribution in [0.1, 0.15) is 73.1 Å². The highest BCUT2D eigenvalue weighted by Gasteiger charge is 2.39. The summed E-state index contributed by atoms with van der Waals surface area (Å²) in [6.45, 7) is 4.08. The van der Waals surface area contributed by atoms with Gasteiger partial charge in [0.05, 0.1) is 17.7 Å². The van der Waals surface area contributed by atoms with Gasteiger partial charge in [0.25, 0.3) is 11.8 Å². The number of benzene rings is 2. The number of nitrogens with one attached hydrogen (secondary N) is 3. The average Bonchev–Trinajstić information content (AvgIpc) is 3.39. The van der Waals surface area contributed by atoms with E-state index < -0.39 is 23.8 Å². The molecule has 2 aromatic carbocycles. The Kier molecular flexibility index (Phi) is 10.4. The first kappa shape index (κ1) is 31.1. The Morgan fingerprint density at radius 1 is 1.00 bits per heavy atom. The maximum Gasteiger partial charge on any atom is 0.343 e. The Morgan fingerprint density at radius 3 is 2.51 bits per heavy atom. The summed E-state index contributed by atoms with van der Waals surface area (Å²) in [7, 11) is 0. The molecule has 12 heteroatoms. The maximum atomic E-state index is 13.0. The third-order valence-corrected chi connectivity index (χ3v) is 6.71. The highest BCUT2D eigenvalue weighted by Crippen LogP contribution is 2.26. The van der Waals surface area contributed by atoms with E-state index >= 15 is 0 Å². The van der Waals surface area contributed by atoms with Crippen LogP contribution in [0, 0.1) is 0 Å². The molecule has 0 saturated carbocycles. The van der Waals surface area contributed by atoms with Gasteiger partial charge in [-0.3, -0.25) is 20.6 Å². The van der Waals surface area contributed by atoms with Crippen LogP contribution in [0.5, 0.6) is 5.75 Å². The Labute approximate surface area is 249 Å². The minimum absolute atomic E-state index is 0.0469. The maximum absolute atomic E-state index is 13.0. The van der Waals surface area contributed by atoms with Gasteiger partial charge in [0.1, 0.15) is 11.3 Å². The Hall–Kier alpha value is -4.84. The number of amides is 2. The molecule has 0 spiro atoms. The zero-order valence-electron chi connectivity index (χ0n) is 24.3. The number of carbonyl (C=O) groups is 4. The van der Waals surface area contributed by atoms with Crippen LogP contribution in [0.4, 0.5) is 5.69 Å². The van der Waals surface area contributed by atoms with Crippen LogP contribution in [-0.2, 0) is 14.3 Å². The summed E-state index contributed by atoms with van der Waals surface area (Å²) in [5.41, 5.74) is 7.82. The number of fused-ring (bicyclic) bond motifs is 1. The monoisotopic (exact) mass is 588 g/mol. The molecule has 2 aromatic rings. The number of anilines is 1. The van der Waals surface area contributed by atoms with Crippen molar-refractivity contribution in [3.8, 4) is 5.75 Å². The molecule has 0 aromatic heterocycles. The van der Waals surface area contributed by atoms with Gasteiger partial charge >= 0.3 is 11.9 Å². The van der Waals surface area contributed by atoms with Gasteiger partial charge in [-0.1, -0.05) is 50.8 Å². The van der Waals surface area contributed by atoms with Gasteiger partial charge in [-0.2, -0.15) is 0 Å². The number of aliphatic imine (C=N–C) groups is 2. The molecule has 5 N–H and O–H groups in total. The molecule has 1 atom stereocenters. The molecule has 4 rings (SSSR count). The average molecular weight is 589 g/mol. The van der Waals surface area contributed by atoms with E-state index in [0.29, 0.717) is 16.8 Å². The molecule has 226 valence electrons. The number of unbranched alkanes of at least 4 members (excludes halogenated alkanes) is 4. The Morgan fingerprint density at radius 2 is 1.77 bits per heavy atom. The SMILES string of the molecule is CCCCCCCC(=O)NC1(N)N=C2N=CC(CNc3ccc(OC(=O)c4ccccc4)c(C(=O)OCC)c3)=C2C(=O)N1. The van der Waals surface area contributed by atoms with Crippen molar-refractivity contribution in [2.24, 2.45) is 15.7 Å². The number of nitrogens with two attached hydrogens (primary N) is 1. The highest BCUT2D eigenvalue weighted by molar-refractivity contribution is 6.30. The van der Waals surface area contributed by atoms with Crippen LogP contribution in [0.3, 0.4) is 0 Å². The minimum Gasteiger partial charge on any atom is -0.462 e. The molecule has 0 radical (unpaired) electrons. The van der Waals surface area contributed by atoms with E-state index in [1.807, 2.05) is 0 Å². The Balaban J connectivity index is 1.44. The first-order valence-corrected chi connectivity index (χ1v) is 14.3. The van der Waals surface area contributed by atoms with Crippen molar-refractivity contribution in [3.63, 3.8) is 0 Å². The van der Waals surface area contributed by atoms with Crippen LogP contribution in [0.25, 0.3) is 0 Å². The zero-order valence-corrected chi connectivity index (χ0v) is 24.3. The topological polar surface area (TPSA) is 174 Å². The van der Waals surface area contributed by atoms with E-state index in [9.17, 15) is 19.2 Å². The molecule has 0 fully saturated rings.